The molecule has 0 atom stereocenters. The molecule has 0 aliphatic heterocycles. The Kier molecular flexibility index (Phi) is 6.52. The molecule has 1 aromatic rings. The van der Waals surface area contributed by atoms with Crippen LogP contribution < -0.4 is 10.0 Å². The molecule has 0 fully saturated rings. The molecule has 0 radical (unpaired) electrons. The molecule has 108 valence electrons. The van der Waals surface area contributed by atoms with Crippen molar-refractivity contribution in [3.63, 3.8) is 0 Å². The highest BCUT2D eigenvalue weighted by Crippen LogP contribution is 2.28. The van der Waals surface area contributed by atoms with E-state index in [0.717, 1.165) is 0 Å². The summed E-state index contributed by atoms with van der Waals surface area (Å²) in [6.07, 6.45) is 0. The van der Waals surface area contributed by atoms with E-state index >= 15 is 0 Å². The van der Waals surface area contributed by atoms with E-state index in [0.29, 0.717) is 17.1 Å². The van der Waals surface area contributed by atoms with E-state index in [2.05, 4.69) is 10.0 Å². The van der Waals surface area contributed by atoms with Gasteiger partial charge < -0.3 is 10.1 Å². The molecule has 5 nitrogen and oxygen atoms in total. The van der Waals surface area contributed by atoms with Crippen LogP contribution in [0.1, 0.15) is 5.56 Å². The van der Waals surface area contributed by atoms with Gasteiger partial charge in [-0.15, -0.1) is 0 Å². The van der Waals surface area contributed by atoms with Crippen molar-refractivity contribution >= 4 is 33.2 Å². The van der Waals surface area contributed by atoms with Crippen LogP contribution in [0.5, 0.6) is 0 Å². The minimum absolute atomic E-state index is 0.0138. The lowest BCUT2D eigenvalue weighted by molar-refractivity contribution is 0.204. The third-order valence-electron chi connectivity index (χ3n) is 2.36. The highest BCUT2D eigenvalue weighted by molar-refractivity contribution is 7.89. The van der Waals surface area contributed by atoms with Gasteiger partial charge in [0.15, 0.2) is 0 Å². The van der Waals surface area contributed by atoms with E-state index in [9.17, 15) is 8.42 Å². The fraction of sp³-hybridized carbons (Fsp3) is 0.455. The van der Waals surface area contributed by atoms with Crippen molar-refractivity contribution in [2.24, 2.45) is 0 Å². The van der Waals surface area contributed by atoms with Gasteiger partial charge in [0.25, 0.3) is 0 Å². The van der Waals surface area contributed by atoms with E-state index in [4.69, 9.17) is 27.9 Å². The van der Waals surface area contributed by atoms with E-state index in [-0.39, 0.29) is 23.1 Å². The van der Waals surface area contributed by atoms with Crippen molar-refractivity contribution in [3.8, 4) is 0 Å². The van der Waals surface area contributed by atoms with Gasteiger partial charge in [0, 0.05) is 25.2 Å². The second kappa shape index (κ2) is 7.42. The van der Waals surface area contributed by atoms with Gasteiger partial charge in [-0.2, -0.15) is 0 Å². The average molecular weight is 327 g/mol. The Bertz CT molecular complexity index is 535. The Balaban J connectivity index is 3.08. The smallest absolute Gasteiger partial charge is 0.242 e. The Morgan fingerprint density at radius 3 is 2.53 bits per heavy atom. The molecule has 1 aromatic carbocycles. The number of sulfonamides is 1. The molecule has 2 N–H and O–H groups in total. The summed E-state index contributed by atoms with van der Waals surface area (Å²) in [5, 5.41) is 3.43. The molecule has 0 aliphatic rings. The number of halogens is 2. The topological polar surface area (TPSA) is 67.4 Å². The molecule has 0 unspecified atom stereocenters. The Morgan fingerprint density at radius 2 is 1.95 bits per heavy atom. The van der Waals surface area contributed by atoms with Crippen molar-refractivity contribution in [1.82, 2.24) is 10.0 Å². The van der Waals surface area contributed by atoms with E-state index in [1.807, 2.05) is 0 Å². The molecule has 0 saturated carbocycles. The maximum absolute atomic E-state index is 12.1. The number of hydrogen-bond acceptors (Lipinski definition) is 4. The van der Waals surface area contributed by atoms with Gasteiger partial charge in [0.2, 0.25) is 10.0 Å². The standard InChI is InChI=1S/C11H16Cl2N2O3S/c1-14-7-8-5-11(10(13)6-9(8)12)19(16,17)15-3-4-18-2/h5-6,14-15H,3-4,7H2,1-2H3. The van der Waals surface area contributed by atoms with Gasteiger partial charge in [0.05, 0.1) is 11.6 Å². The Morgan fingerprint density at radius 1 is 1.26 bits per heavy atom. The van der Waals surface area contributed by atoms with Gasteiger partial charge in [-0.05, 0) is 24.7 Å². The molecular formula is C11H16Cl2N2O3S. The first-order valence-electron chi connectivity index (χ1n) is 5.53. The normalized spacial score (nSPS) is 11.8. The fourth-order valence-corrected chi connectivity index (χ4v) is 3.33. The molecule has 8 heteroatoms. The predicted molar refractivity (Wildman–Crippen MR) is 76.3 cm³/mol. The van der Waals surface area contributed by atoms with Crippen LogP contribution in [0.2, 0.25) is 10.0 Å². The summed E-state index contributed by atoms with van der Waals surface area (Å²) in [7, 11) is -0.429. The summed E-state index contributed by atoms with van der Waals surface area (Å²) in [5.41, 5.74) is 0.667. The molecule has 19 heavy (non-hydrogen) atoms. The number of rotatable bonds is 7. The fourth-order valence-electron chi connectivity index (χ4n) is 1.46. The number of hydrogen-bond donors (Lipinski definition) is 2. The van der Waals surface area contributed by atoms with Gasteiger partial charge in [-0.3, -0.25) is 0 Å². The SMILES string of the molecule is CNCc1cc(S(=O)(=O)NCCOC)c(Cl)cc1Cl. The Hall–Kier alpha value is -0.370. The molecule has 0 saturated heterocycles. The van der Waals surface area contributed by atoms with Crippen LogP contribution in [-0.2, 0) is 21.3 Å². The lowest BCUT2D eigenvalue weighted by atomic mass is 10.2. The van der Waals surface area contributed by atoms with Crippen LogP contribution in [0.3, 0.4) is 0 Å². The second-order valence-electron chi connectivity index (χ2n) is 3.79. The van der Waals surface area contributed by atoms with Crippen LogP contribution in [0.4, 0.5) is 0 Å². The summed E-state index contributed by atoms with van der Waals surface area (Å²) in [6.45, 7) is 0.920. The minimum Gasteiger partial charge on any atom is -0.383 e. The zero-order valence-electron chi connectivity index (χ0n) is 10.7. The summed E-state index contributed by atoms with van der Waals surface area (Å²) < 4.78 is 31.4. The van der Waals surface area contributed by atoms with Crippen LogP contribution in [0.25, 0.3) is 0 Å². The molecule has 0 aliphatic carbocycles. The van der Waals surface area contributed by atoms with E-state index in [1.165, 1.54) is 19.2 Å². The quantitative estimate of drug-likeness (QED) is 0.747. The summed E-state index contributed by atoms with van der Waals surface area (Å²) in [5.74, 6) is 0. The first-order valence-corrected chi connectivity index (χ1v) is 7.77. The van der Waals surface area contributed by atoms with Crippen LogP contribution >= 0.6 is 23.2 Å². The maximum Gasteiger partial charge on any atom is 0.242 e. The maximum atomic E-state index is 12.1. The summed E-state index contributed by atoms with van der Waals surface area (Å²) in [6, 6.07) is 2.90. The van der Waals surface area contributed by atoms with Crippen molar-refractivity contribution in [2.45, 2.75) is 11.4 Å². The molecule has 0 heterocycles. The van der Waals surface area contributed by atoms with Crippen LogP contribution in [-0.4, -0.2) is 35.7 Å². The molecule has 0 aromatic heterocycles. The highest BCUT2D eigenvalue weighted by atomic mass is 35.5. The molecular weight excluding hydrogens is 311 g/mol. The van der Waals surface area contributed by atoms with Crippen LogP contribution in [0.15, 0.2) is 17.0 Å². The lowest BCUT2D eigenvalue weighted by Crippen LogP contribution is -2.27. The monoisotopic (exact) mass is 326 g/mol. The zero-order valence-corrected chi connectivity index (χ0v) is 13.0. The zero-order chi connectivity index (χ0) is 14.5. The van der Waals surface area contributed by atoms with Gasteiger partial charge >= 0.3 is 0 Å². The third-order valence-corrected chi connectivity index (χ3v) is 4.63. The van der Waals surface area contributed by atoms with Crippen molar-refractivity contribution in [2.75, 3.05) is 27.3 Å². The van der Waals surface area contributed by atoms with Crippen LogP contribution in [0, 0.1) is 0 Å². The van der Waals surface area contributed by atoms with Gasteiger partial charge in [-0.25, -0.2) is 13.1 Å². The van der Waals surface area contributed by atoms with Crippen molar-refractivity contribution < 1.29 is 13.2 Å². The second-order valence-corrected chi connectivity index (χ2v) is 6.34. The molecule has 0 spiro atoms. The Labute approximate surface area is 123 Å². The number of methoxy groups -OCH3 is 1. The number of ether oxygens (including phenoxy) is 1. The molecule has 0 amide bonds. The van der Waals surface area contributed by atoms with Crippen molar-refractivity contribution in [1.29, 1.82) is 0 Å². The first-order chi connectivity index (χ1) is 8.92. The predicted octanol–water partition coefficient (Wildman–Crippen LogP) is 1.64. The molecule has 0 bridgehead atoms. The average Bonchev–Trinajstić information content (AvgIpc) is 2.32. The van der Waals surface area contributed by atoms with E-state index < -0.39 is 10.0 Å². The van der Waals surface area contributed by atoms with E-state index in [1.54, 1.807) is 7.05 Å². The van der Waals surface area contributed by atoms with Crippen molar-refractivity contribution in [3.05, 3.63) is 27.7 Å². The van der Waals surface area contributed by atoms with Gasteiger partial charge in [0.1, 0.15) is 4.90 Å². The summed E-state index contributed by atoms with van der Waals surface area (Å²) in [4.78, 5) is 0.0138. The third kappa shape index (κ3) is 4.59. The number of nitrogens with one attached hydrogen (secondary N) is 2. The lowest BCUT2D eigenvalue weighted by Gasteiger charge is -2.11. The van der Waals surface area contributed by atoms with Gasteiger partial charge in [-0.1, -0.05) is 23.2 Å². The first kappa shape index (κ1) is 16.7. The minimum atomic E-state index is -3.67. The number of benzene rings is 1. The largest absolute Gasteiger partial charge is 0.383 e. The highest BCUT2D eigenvalue weighted by Gasteiger charge is 2.19. The molecule has 1 rings (SSSR count). The summed E-state index contributed by atoms with van der Waals surface area (Å²) >= 11 is 11.9.